The van der Waals surface area contributed by atoms with Gasteiger partial charge in [0, 0.05) is 31.4 Å². The van der Waals surface area contributed by atoms with Crippen LogP contribution in [0.15, 0.2) is 47.8 Å². The fraction of sp³-hybridized carbons (Fsp3) is 0.188. The molecule has 0 radical (unpaired) electrons. The predicted octanol–water partition coefficient (Wildman–Crippen LogP) is 1.64. The minimum Gasteiger partial charge on any atom is -0.369 e. The first-order valence-electron chi connectivity index (χ1n) is 7.88. The molecule has 0 bridgehead atoms. The average Bonchev–Trinajstić information content (AvgIpc) is 3.05. The molecule has 0 saturated carbocycles. The summed E-state index contributed by atoms with van der Waals surface area (Å²) in [5.74, 6) is -0.896. The molecule has 3 aromatic rings. The van der Waals surface area contributed by atoms with Gasteiger partial charge in [0.2, 0.25) is 10.0 Å². The highest BCUT2D eigenvalue weighted by Gasteiger charge is 2.15. The zero-order valence-electron chi connectivity index (χ0n) is 14.2. The Kier molecular flexibility index (Phi) is 5.42. The van der Waals surface area contributed by atoms with Gasteiger partial charge in [0.15, 0.2) is 5.82 Å². The van der Waals surface area contributed by atoms with Gasteiger partial charge in [-0.25, -0.2) is 36.6 Å². The normalized spacial score (nSPS) is 11.5. The Labute approximate surface area is 154 Å². The van der Waals surface area contributed by atoms with Gasteiger partial charge in [-0.2, -0.15) is 5.10 Å². The number of rotatable bonds is 7. The van der Waals surface area contributed by atoms with Crippen molar-refractivity contribution in [2.24, 2.45) is 0 Å². The Morgan fingerprint density at radius 3 is 2.48 bits per heavy atom. The number of benzene rings is 1. The molecule has 0 aliphatic carbocycles. The molecule has 2 heterocycles. The number of sulfonamides is 1. The molecule has 142 valence electrons. The second-order valence-corrected chi connectivity index (χ2v) is 7.36. The van der Waals surface area contributed by atoms with E-state index in [1.165, 1.54) is 6.33 Å². The summed E-state index contributed by atoms with van der Waals surface area (Å²) >= 11 is 0. The van der Waals surface area contributed by atoms with Gasteiger partial charge in [-0.15, -0.1) is 0 Å². The SMILES string of the molecule is Cc1ccn(-c2cc(NCCNS(=O)(=O)c3cc(F)cc(F)c3)ncn2)n1. The molecule has 0 spiro atoms. The standard InChI is InChI=1S/C16H16F2N6O2S/c1-11-2-5-24(23-11)16-9-15(20-10-21-16)19-3-4-22-27(25,26)14-7-12(17)6-13(18)8-14/h2,5-10,22H,3-4H2,1H3,(H,19,20,21). The fourth-order valence-electron chi connectivity index (χ4n) is 2.25. The lowest BCUT2D eigenvalue weighted by Gasteiger charge is -2.09. The molecule has 2 aromatic heterocycles. The molecule has 2 N–H and O–H groups in total. The number of aromatic nitrogens is 4. The van der Waals surface area contributed by atoms with Gasteiger partial charge < -0.3 is 5.32 Å². The Morgan fingerprint density at radius 1 is 1.07 bits per heavy atom. The quantitative estimate of drug-likeness (QED) is 0.591. The van der Waals surface area contributed by atoms with Crippen LogP contribution in [0.25, 0.3) is 5.82 Å². The lowest BCUT2D eigenvalue weighted by molar-refractivity contribution is 0.562. The Hall–Kier alpha value is -2.92. The number of nitrogens with one attached hydrogen (secondary N) is 2. The van der Waals surface area contributed by atoms with Crippen molar-refractivity contribution in [2.75, 3.05) is 18.4 Å². The molecular formula is C16H16F2N6O2S. The van der Waals surface area contributed by atoms with E-state index >= 15 is 0 Å². The number of hydrogen-bond donors (Lipinski definition) is 2. The zero-order chi connectivity index (χ0) is 19.4. The molecule has 1 aromatic carbocycles. The first-order valence-corrected chi connectivity index (χ1v) is 9.36. The maximum atomic E-state index is 13.2. The lowest BCUT2D eigenvalue weighted by Crippen LogP contribution is -2.29. The summed E-state index contributed by atoms with van der Waals surface area (Å²) < 4.78 is 54.4. The van der Waals surface area contributed by atoms with Crippen LogP contribution in [0, 0.1) is 18.6 Å². The Morgan fingerprint density at radius 2 is 1.81 bits per heavy atom. The summed E-state index contributed by atoms with van der Waals surface area (Å²) in [6.07, 6.45) is 3.11. The van der Waals surface area contributed by atoms with Crippen LogP contribution in [0.3, 0.4) is 0 Å². The molecule has 0 unspecified atom stereocenters. The number of aryl methyl sites for hydroxylation is 1. The summed E-state index contributed by atoms with van der Waals surface area (Å²) in [5.41, 5.74) is 0.839. The van der Waals surface area contributed by atoms with Crippen molar-refractivity contribution in [1.82, 2.24) is 24.5 Å². The van der Waals surface area contributed by atoms with Crippen molar-refractivity contribution in [3.05, 3.63) is 60.2 Å². The van der Waals surface area contributed by atoms with E-state index in [0.717, 1.165) is 17.8 Å². The van der Waals surface area contributed by atoms with E-state index in [-0.39, 0.29) is 13.1 Å². The minimum absolute atomic E-state index is 0.0132. The number of hydrogen-bond acceptors (Lipinski definition) is 6. The lowest BCUT2D eigenvalue weighted by atomic mass is 10.3. The highest BCUT2D eigenvalue weighted by Crippen LogP contribution is 2.13. The van der Waals surface area contributed by atoms with Crippen LogP contribution in [0.2, 0.25) is 0 Å². The smallest absolute Gasteiger partial charge is 0.240 e. The van der Waals surface area contributed by atoms with E-state index in [1.807, 2.05) is 13.0 Å². The molecule has 0 aliphatic rings. The van der Waals surface area contributed by atoms with Gasteiger partial charge in [0.25, 0.3) is 0 Å². The van der Waals surface area contributed by atoms with Gasteiger partial charge in [0.1, 0.15) is 23.8 Å². The summed E-state index contributed by atoms with van der Waals surface area (Å²) in [4.78, 5) is 7.69. The molecule has 0 aliphatic heterocycles. The van der Waals surface area contributed by atoms with Crippen LogP contribution in [-0.4, -0.2) is 41.3 Å². The maximum Gasteiger partial charge on any atom is 0.240 e. The Balaban J connectivity index is 1.58. The van der Waals surface area contributed by atoms with Crippen LogP contribution in [0.1, 0.15) is 5.69 Å². The van der Waals surface area contributed by atoms with E-state index in [1.54, 1.807) is 16.9 Å². The molecule has 3 rings (SSSR count). The minimum atomic E-state index is -4.02. The van der Waals surface area contributed by atoms with Crippen molar-refractivity contribution < 1.29 is 17.2 Å². The van der Waals surface area contributed by atoms with Gasteiger partial charge in [-0.3, -0.25) is 0 Å². The van der Waals surface area contributed by atoms with E-state index < -0.39 is 26.6 Å². The third kappa shape index (κ3) is 4.83. The van der Waals surface area contributed by atoms with Gasteiger partial charge in [-0.05, 0) is 25.1 Å². The van der Waals surface area contributed by atoms with Crippen molar-refractivity contribution in [1.29, 1.82) is 0 Å². The third-order valence-electron chi connectivity index (χ3n) is 3.48. The van der Waals surface area contributed by atoms with E-state index in [2.05, 4.69) is 25.1 Å². The summed E-state index contributed by atoms with van der Waals surface area (Å²) in [5, 5.41) is 7.19. The van der Waals surface area contributed by atoms with Crippen molar-refractivity contribution in [3.63, 3.8) is 0 Å². The van der Waals surface area contributed by atoms with Crippen LogP contribution in [0.4, 0.5) is 14.6 Å². The molecule has 8 nitrogen and oxygen atoms in total. The summed E-state index contributed by atoms with van der Waals surface area (Å²) in [7, 11) is -4.02. The summed E-state index contributed by atoms with van der Waals surface area (Å²) in [6.45, 7) is 2.04. The predicted molar refractivity (Wildman–Crippen MR) is 93.9 cm³/mol. The molecule has 0 atom stereocenters. The van der Waals surface area contributed by atoms with E-state index in [9.17, 15) is 17.2 Å². The van der Waals surface area contributed by atoms with E-state index in [4.69, 9.17) is 0 Å². The van der Waals surface area contributed by atoms with Crippen molar-refractivity contribution in [2.45, 2.75) is 11.8 Å². The number of nitrogens with zero attached hydrogens (tertiary/aromatic N) is 4. The molecule has 0 saturated heterocycles. The molecule has 27 heavy (non-hydrogen) atoms. The van der Waals surface area contributed by atoms with Crippen LogP contribution in [-0.2, 0) is 10.0 Å². The largest absolute Gasteiger partial charge is 0.369 e. The fourth-order valence-corrected chi connectivity index (χ4v) is 3.33. The highest BCUT2D eigenvalue weighted by molar-refractivity contribution is 7.89. The first-order chi connectivity index (χ1) is 12.8. The second kappa shape index (κ2) is 7.76. The first kappa shape index (κ1) is 18.9. The second-order valence-electron chi connectivity index (χ2n) is 5.59. The molecule has 11 heteroatoms. The number of anilines is 1. The van der Waals surface area contributed by atoms with E-state index in [0.29, 0.717) is 17.7 Å². The van der Waals surface area contributed by atoms with Gasteiger partial charge >= 0.3 is 0 Å². The maximum absolute atomic E-state index is 13.2. The van der Waals surface area contributed by atoms with Gasteiger partial charge in [0.05, 0.1) is 10.6 Å². The zero-order valence-corrected chi connectivity index (χ0v) is 15.0. The van der Waals surface area contributed by atoms with Crippen LogP contribution < -0.4 is 10.0 Å². The number of halogens is 2. The van der Waals surface area contributed by atoms with Crippen LogP contribution >= 0.6 is 0 Å². The molecule has 0 fully saturated rings. The Bertz CT molecular complexity index is 1030. The third-order valence-corrected chi connectivity index (χ3v) is 4.92. The van der Waals surface area contributed by atoms with Gasteiger partial charge in [-0.1, -0.05) is 0 Å². The van der Waals surface area contributed by atoms with Crippen LogP contribution in [0.5, 0.6) is 0 Å². The average molecular weight is 394 g/mol. The van der Waals surface area contributed by atoms with Crippen molar-refractivity contribution >= 4 is 15.8 Å². The highest BCUT2D eigenvalue weighted by atomic mass is 32.2. The monoisotopic (exact) mass is 394 g/mol. The van der Waals surface area contributed by atoms with Crippen molar-refractivity contribution in [3.8, 4) is 5.82 Å². The topological polar surface area (TPSA) is 102 Å². The summed E-state index contributed by atoms with van der Waals surface area (Å²) in [6, 6.07) is 5.60. The molecule has 0 amide bonds. The molecular weight excluding hydrogens is 378 g/mol.